The van der Waals surface area contributed by atoms with E-state index in [1.54, 1.807) is 11.9 Å². The highest BCUT2D eigenvalue weighted by Gasteiger charge is 2.50. The number of amides is 3. The second kappa shape index (κ2) is 12.9. The van der Waals surface area contributed by atoms with Crippen LogP contribution in [0.4, 0.5) is 5.69 Å². The van der Waals surface area contributed by atoms with Crippen LogP contribution in [0.25, 0.3) is 10.8 Å². The molecule has 0 saturated carbocycles. The zero-order chi connectivity index (χ0) is 30.5. The van der Waals surface area contributed by atoms with E-state index in [-0.39, 0.29) is 24.3 Å². The van der Waals surface area contributed by atoms with Crippen LogP contribution in [0.1, 0.15) is 24.0 Å². The first-order valence-electron chi connectivity index (χ1n) is 15.3. The van der Waals surface area contributed by atoms with E-state index in [1.807, 2.05) is 78.9 Å². The van der Waals surface area contributed by atoms with Crippen LogP contribution in [0, 0.1) is 0 Å². The van der Waals surface area contributed by atoms with Gasteiger partial charge in [-0.15, -0.1) is 0 Å². The van der Waals surface area contributed by atoms with Gasteiger partial charge in [-0.3, -0.25) is 19.3 Å². The lowest BCUT2D eigenvalue weighted by Gasteiger charge is -2.43. The molecule has 2 N–H and O–H groups in total. The van der Waals surface area contributed by atoms with Gasteiger partial charge in [-0.2, -0.15) is 0 Å². The molecular formula is C36H39N5O3. The summed E-state index contributed by atoms with van der Waals surface area (Å²) in [4.78, 5) is 46.2. The number of carbonyl (C=O) groups excluding carboxylic acids is 3. The van der Waals surface area contributed by atoms with Gasteiger partial charge in [0.25, 0.3) is 0 Å². The summed E-state index contributed by atoms with van der Waals surface area (Å²) < 4.78 is 0. The zero-order valence-electron chi connectivity index (χ0n) is 25.1. The van der Waals surface area contributed by atoms with E-state index in [2.05, 4.69) is 44.7 Å². The van der Waals surface area contributed by atoms with Crippen molar-refractivity contribution in [3.8, 4) is 0 Å². The Kier molecular flexibility index (Phi) is 8.61. The summed E-state index contributed by atoms with van der Waals surface area (Å²) in [6.45, 7) is 2.34. The third-order valence-electron chi connectivity index (χ3n) is 8.98. The minimum absolute atomic E-state index is 0.0490. The molecule has 2 aliphatic rings. The molecule has 0 unspecified atom stereocenters. The maximum atomic E-state index is 13.8. The van der Waals surface area contributed by atoms with Gasteiger partial charge < -0.3 is 20.4 Å². The Balaban J connectivity index is 1.13. The molecule has 0 aliphatic carbocycles. The lowest BCUT2D eigenvalue weighted by atomic mass is 9.85. The van der Waals surface area contributed by atoms with Crippen LogP contribution in [-0.2, 0) is 27.3 Å². The number of likely N-dealkylation sites (N-methyl/N-ethyl adjacent to an activating group) is 1. The Morgan fingerprint density at radius 1 is 0.864 bits per heavy atom. The molecule has 4 aromatic rings. The van der Waals surface area contributed by atoms with Crippen molar-refractivity contribution in [1.29, 1.82) is 0 Å². The summed E-state index contributed by atoms with van der Waals surface area (Å²) in [5.74, 6) is -0.272. The molecule has 6 rings (SSSR count). The molecule has 3 amide bonds. The van der Waals surface area contributed by atoms with Gasteiger partial charge in [0.15, 0.2) is 0 Å². The van der Waals surface area contributed by atoms with Crippen LogP contribution in [0.2, 0.25) is 0 Å². The van der Waals surface area contributed by atoms with Gasteiger partial charge in [0.2, 0.25) is 17.7 Å². The van der Waals surface area contributed by atoms with Gasteiger partial charge in [-0.05, 0) is 46.9 Å². The van der Waals surface area contributed by atoms with Crippen LogP contribution in [0.5, 0.6) is 0 Å². The van der Waals surface area contributed by atoms with Crippen molar-refractivity contribution in [2.24, 2.45) is 0 Å². The number of fused-ring (bicyclic) bond motifs is 1. The Labute approximate surface area is 258 Å². The summed E-state index contributed by atoms with van der Waals surface area (Å²) in [6.07, 6.45) is 1.64. The quantitative estimate of drug-likeness (QED) is 0.309. The van der Waals surface area contributed by atoms with E-state index in [9.17, 15) is 14.4 Å². The highest BCUT2D eigenvalue weighted by atomic mass is 16.2. The second-order valence-corrected chi connectivity index (χ2v) is 11.9. The van der Waals surface area contributed by atoms with Crippen molar-refractivity contribution in [3.63, 3.8) is 0 Å². The third kappa shape index (κ3) is 6.31. The highest BCUT2D eigenvalue weighted by Crippen LogP contribution is 2.36. The normalized spacial score (nSPS) is 16.9. The predicted molar refractivity (Wildman–Crippen MR) is 173 cm³/mol. The molecule has 4 aromatic carbocycles. The fraction of sp³-hybridized carbons (Fsp3) is 0.306. The Bertz CT molecular complexity index is 1620. The SMILES string of the molecule is CN(Cc1ccccc1)C(=O)[C@H](Cc1ccc2ccccc2c1)NC(=O)CN1CCC2(CC1)C(=O)NCN2c1ccccc1. The minimum atomic E-state index is -0.706. The first kappa shape index (κ1) is 29.4. The molecular weight excluding hydrogens is 550 g/mol. The first-order valence-corrected chi connectivity index (χ1v) is 15.3. The average molecular weight is 590 g/mol. The number of anilines is 1. The molecule has 1 atom stereocenters. The lowest BCUT2D eigenvalue weighted by Crippen LogP contribution is -2.58. The number of hydrogen-bond acceptors (Lipinski definition) is 5. The van der Waals surface area contributed by atoms with Crippen LogP contribution in [-0.4, -0.2) is 72.5 Å². The van der Waals surface area contributed by atoms with Crippen LogP contribution in [0.3, 0.4) is 0 Å². The van der Waals surface area contributed by atoms with Crippen molar-refractivity contribution in [2.45, 2.75) is 37.4 Å². The number of piperidine rings is 1. The largest absolute Gasteiger partial charge is 0.343 e. The Hall–Kier alpha value is -4.69. The number of likely N-dealkylation sites (tertiary alicyclic amines) is 1. The second-order valence-electron chi connectivity index (χ2n) is 11.9. The standard InChI is InChI=1S/C36H39N5O3/c1-39(24-27-10-4-2-5-11-27)34(43)32(23-28-16-17-29-12-8-9-13-30(29)22-28)38-33(42)25-40-20-18-36(19-21-40)35(44)37-26-41(36)31-14-6-3-7-15-31/h2-17,22,32H,18-21,23-26H2,1H3,(H,37,44)(H,38,42)/t32-/m0/s1. The van der Waals surface area contributed by atoms with Crippen molar-refractivity contribution in [1.82, 2.24) is 20.4 Å². The number of nitrogens with one attached hydrogen (secondary N) is 2. The van der Waals surface area contributed by atoms with Gasteiger partial charge in [-0.25, -0.2) is 0 Å². The van der Waals surface area contributed by atoms with E-state index >= 15 is 0 Å². The van der Waals surface area contributed by atoms with Gasteiger partial charge in [0, 0.05) is 38.8 Å². The molecule has 0 radical (unpaired) electrons. The van der Waals surface area contributed by atoms with E-state index in [0.717, 1.165) is 27.6 Å². The van der Waals surface area contributed by atoms with E-state index in [1.165, 1.54) is 0 Å². The number of benzene rings is 4. The van der Waals surface area contributed by atoms with Crippen LogP contribution >= 0.6 is 0 Å². The number of para-hydroxylation sites is 1. The van der Waals surface area contributed by atoms with E-state index < -0.39 is 11.6 Å². The van der Waals surface area contributed by atoms with Gasteiger partial charge >= 0.3 is 0 Å². The first-order chi connectivity index (χ1) is 21.4. The average Bonchev–Trinajstić information content (AvgIpc) is 3.36. The maximum absolute atomic E-state index is 13.8. The molecule has 2 fully saturated rings. The smallest absolute Gasteiger partial charge is 0.247 e. The van der Waals surface area contributed by atoms with Crippen molar-refractivity contribution in [2.75, 3.05) is 38.3 Å². The maximum Gasteiger partial charge on any atom is 0.247 e. The molecule has 2 heterocycles. The Morgan fingerprint density at radius 2 is 1.52 bits per heavy atom. The number of rotatable bonds is 9. The van der Waals surface area contributed by atoms with Gasteiger partial charge in [-0.1, -0.05) is 91.0 Å². The third-order valence-corrected chi connectivity index (χ3v) is 8.98. The van der Waals surface area contributed by atoms with Crippen molar-refractivity contribution < 1.29 is 14.4 Å². The summed E-state index contributed by atoms with van der Waals surface area (Å²) >= 11 is 0. The molecule has 44 heavy (non-hydrogen) atoms. The topological polar surface area (TPSA) is 85.0 Å². The molecule has 226 valence electrons. The molecule has 0 aromatic heterocycles. The zero-order valence-corrected chi connectivity index (χ0v) is 25.1. The molecule has 2 aliphatic heterocycles. The summed E-state index contributed by atoms with van der Waals surface area (Å²) in [7, 11) is 1.78. The number of carbonyl (C=O) groups is 3. The summed E-state index contributed by atoms with van der Waals surface area (Å²) in [5.41, 5.74) is 2.43. The molecule has 0 bridgehead atoms. The number of hydrogen-bond donors (Lipinski definition) is 2. The molecule has 1 spiro atoms. The van der Waals surface area contributed by atoms with E-state index in [0.29, 0.717) is 45.6 Å². The van der Waals surface area contributed by atoms with Gasteiger partial charge in [0.05, 0.1) is 13.2 Å². The van der Waals surface area contributed by atoms with Crippen LogP contribution < -0.4 is 15.5 Å². The summed E-state index contributed by atoms with van der Waals surface area (Å²) in [6, 6.07) is 33.5. The van der Waals surface area contributed by atoms with Crippen LogP contribution in [0.15, 0.2) is 103 Å². The molecule has 2 saturated heterocycles. The fourth-order valence-electron chi connectivity index (χ4n) is 6.56. The van der Waals surface area contributed by atoms with Gasteiger partial charge in [0.1, 0.15) is 11.6 Å². The highest BCUT2D eigenvalue weighted by molar-refractivity contribution is 5.93. The van der Waals surface area contributed by atoms with E-state index in [4.69, 9.17) is 0 Å². The summed E-state index contributed by atoms with van der Waals surface area (Å²) in [5, 5.41) is 8.34. The number of nitrogens with zero attached hydrogens (tertiary/aromatic N) is 3. The minimum Gasteiger partial charge on any atom is -0.343 e. The van der Waals surface area contributed by atoms with Crippen molar-refractivity contribution >= 4 is 34.2 Å². The molecule has 8 nitrogen and oxygen atoms in total. The fourth-order valence-corrected chi connectivity index (χ4v) is 6.56. The lowest BCUT2D eigenvalue weighted by molar-refractivity contribution is -0.136. The monoisotopic (exact) mass is 589 g/mol. The Morgan fingerprint density at radius 3 is 2.25 bits per heavy atom. The predicted octanol–water partition coefficient (Wildman–Crippen LogP) is 3.95. The molecule has 8 heteroatoms. The van der Waals surface area contributed by atoms with Crippen molar-refractivity contribution in [3.05, 3.63) is 114 Å².